The van der Waals surface area contributed by atoms with E-state index in [-0.39, 0.29) is 36.6 Å². The van der Waals surface area contributed by atoms with Gasteiger partial charge in [0.05, 0.1) is 18.8 Å². The Bertz CT molecular complexity index is 796. The number of piperidine rings is 1. The fourth-order valence-electron chi connectivity index (χ4n) is 3.64. The Morgan fingerprint density at radius 1 is 1.19 bits per heavy atom. The average molecular weight is 468 g/mol. The fraction of sp³-hybridized carbons (Fsp3) is 0.435. The number of pyridine rings is 1. The monoisotopic (exact) mass is 467 g/mol. The summed E-state index contributed by atoms with van der Waals surface area (Å²) in [6.07, 6.45) is 3.54. The highest BCUT2D eigenvalue weighted by Crippen LogP contribution is 2.17. The molecule has 0 spiro atoms. The highest BCUT2D eigenvalue weighted by molar-refractivity contribution is 6.00. The van der Waals surface area contributed by atoms with E-state index in [9.17, 15) is 9.59 Å². The van der Waals surface area contributed by atoms with Gasteiger partial charge in [0.1, 0.15) is 5.92 Å². The maximum Gasteiger partial charge on any atom is 0.316 e. The van der Waals surface area contributed by atoms with Crippen LogP contribution in [0.15, 0.2) is 48.7 Å². The molecule has 1 atom stereocenters. The lowest BCUT2D eigenvalue weighted by atomic mass is 9.95. The minimum Gasteiger partial charge on any atom is -0.465 e. The second-order valence-corrected chi connectivity index (χ2v) is 7.29. The summed E-state index contributed by atoms with van der Waals surface area (Å²) < 4.78 is 4.93. The molecule has 170 valence electrons. The number of aromatic nitrogens is 1. The number of likely N-dealkylation sites (tertiary alicyclic amines) is 1. The fourth-order valence-corrected chi connectivity index (χ4v) is 3.64. The molecule has 1 fully saturated rings. The van der Waals surface area contributed by atoms with Gasteiger partial charge in [-0.3, -0.25) is 19.5 Å². The number of fused-ring (bicyclic) bond motifs is 1. The number of benzene rings is 1. The molecule has 2 aliphatic heterocycles. The molecule has 1 unspecified atom stereocenters. The largest absolute Gasteiger partial charge is 0.465 e. The summed E-state index contributed by atoms with van der Waals surface area (Å²) >= 11 is 0. The number of halogens is 2. The Morgan fingerprint density at radius 3 is 2.65 bits per heavy atom. The lowest BCUT2D eigenvalue weighted by molar-refractivity contribution is -0.153. The van der Waals surface area contributed by atoms with Gasteiger partial charge in [-0.1, -0.05) is 36.4 Å². The van der Waals surface area contributed by atoms with Crippen molar-refractivity contribution in [3.63, 3.8) is 0 Å². The van der Waals surface area contributed by atoms with Gasteiger partial charge in [-0.05, 0) is 43.5 Å². The molecule has 0 amide bonds. The van der Waals surface area contributed by atoms with Crippen LogP contribution in [-0.4, -0.2) is 47.9 Å². The zero-order chi connectivity index (χ0) is 20.5. The lowest BCUT2D eigenvalue weighted by Gasteiger charge is -2.29. The molecule has 1 saturated heterocycles. The average Bonchev–Trinajstić information content (AvgIpc) is 2.75. The maximum absolute atomic E-state index is 12.0. The van der Waals surface area contributed by atoms with E-state index in [1.165, 1.54) is 16.8 Å². The number of Topliss-reactive ketones (excluding diaryl/α,β-unsaturated/α-hetero) is 1. The summed E-state index contributed by atoms with van der Waals surface area (Å²) in [6.45, 7) is 5.96. The molecule has 0 aliphatic carbocycles. The van der Waals surface area contributed by atoms with Gasteiger partial charge in [-0.25, -0.2) is 0 Å². The lowest BCUT2D eigenvalue weighted by Crippen LogP contribution is -2.43. The van der Waals surface area contributed by atoms with Gasteiger partial charge in [0.25, 0.3) is 0 Å². The number of carbonyl (C=O) groups excluding carboxylic acids is 2. The minimum absolute atomic E-state index is 0. The van der Waals surface area contributed by atoms with Crippen molar-refractivity contribution in [1.82, 2.24) is 15.2 Å². The highest BCUT2D eigenvalue weighted by Gasteiger charge is 2.33. The molecule has 0 bridgehead atoms. The number of nitrogens with one attached hydrogen (secondary N) is 1. The number of carbonyl (C=O) groups is 2. The van der Waals surface area contributed by atoms with Crippen LogP contribution in [0.25, 0.3) is 0 Å². The van der Waals surface area contributed by atoms with Crippen LogP contribution in [0.2, 0.25) is 0 Å². The molecular weight excluding hydrogens is 437 g/mol. The van der Waals surface area contributed by atoms with Crippen LogP contribution in [0, 0.1) is 5.92 Å². The minimum atomic E-state index is -0.563. The van der Waals surface area contributed by atoms with Crippen LogP contribution in [0.1, 0.15) is 30.2 Å². The van der Waals surface area contributed by atoms with E-state index in [1.807, 2.05) is 42.6 Å². The van der Waals surface area contributed by atoms with Crippen LogP contribution in [-0.2, 0) is 33.8 Å². The van der Waals surface area contributed by atoms with Crippen molar-refractivity contribution >= 4 is 36.6 Å². The van der Waals surface area contributed by atoms with Gasteiger partial charge in [-0.15, -0.1) is 24.8 Å². The molecule has 0 saturated carbocycles. The molecule has 1 aromatic carbocycles. The highest BCUT2D eigenvalue weighted by atomic mass is 35.5. The third kappa shape index (κ3) is 8.22. The third-order valence-corrected chi connectivity index (χ3v) is 5.17. The van der Waals surface area contributed by atoms with Crippen molar-refractivity contribution in [3.8, 4) is 0 Å². The van der Waals surface area contributed by atoms with Crippen molar-refractivity contribution in [2.45, 2.75) is 32.9 Å². The Balaban J connectivity index is 0.000000340. The van der Waals surface area contributed by atoms with Crippen molar-refractivity contribution in [3.05, 3.63) is 65.5 Å². The summed E-state index contributed by atoms with van der Waals surface area (Å²) in [6, 6.07) is 14.2. The molecule has 2 aromatic rings. The van der Waals surface area contributed by atoms with Gasteiger partial charge in [0, 0.05) is 25.8 Å². The SMILES string of the molecule is CCOC(=O)C1CCN(Cc2ccccc2)CC1=O.Cl.Cl.c1cnc2c(c1)CCNC2. The predicted octanol–water partition coefficient (Wildman–Crippen LogP) is 3.21. The molecular formula is C23H31Cl2N3O3. The molecule has 8 heteroatoms. The van der Waals surface area contributed by atoms with Crippen LogP contribution < -0.4 is 5.32 Å². The Hall–Kier alpha value is -1.99. The summed E-state index contributed by atoms with van der Waals surface area (Å²) in [4.78, 5) is 29.9. The summed E-state index contributed by atoms with van der Waals surface area (Å²) in [7, 11) is 0. The second-order valence-electron chi connectivity index (χ2n) is 7.29. The van der Waals surface area contributed by atoms with Crippen LogP contribution in [0.4, 0.5) is 0 Å². The number of rotatable bonds is 4. The van der Waals surface area contributed by atoms with Crippen LogP contribution in [0.3, 0.4) is 0 Å². The van der Waals surface area contributed by atoms with E-state index in [0.29, 0.717) is 19.6 Å². The molecule has 1 N–H and O–H groups in total. The number of esters is 1. The van der Waals surface area contributed by atoms with Gasteiger partial charge in [0.15, 0.2) is 5.78 Å². The topological polar surface area (TPSA) is 71.5 Å². The molecule has 0 radical (unpaired) electrons. The predicted molar refractivity (Wildman–Crippen MR) is 126 cm³/mol. The van der Waals surface area contributed by atoms with Crippen molar-refractivity contribution < 1.29 is 14.3 Å². The Morgan fingerprint density at radius 2 is 1.97 bits per heavy atom. The summed E-state index contributed by atoms with van der Waals surface area (Å²) in [5.41, 5.74) is 3.81. The van der Waals surface area contributed by atoms with E-state index < -0.39 is 5.92 Å². The van der Waals surface area contributed by atoms with Crippen LogP contribution in [0.5, 0.6) is 0 Å². The number of nitrogens with zero attached hydrogens (tertiary/aromatic N) is 2. The molecule has 2 aliphatic rings. The van der Waals surface area contributed by atoms with E-state index in [4.69, 9.17) is 4.74 Å². The van der Waals surface area contributed by atoms with Crippen molar-refractivity contribution in [1.29, 1.82) is 0 Å². The first kappa shape index (κ1) is 27.0. The van der Waals surface area contributed by atoms with Gasteiger partial charge >= 0.3 is 5.97 Å². The van der Waals surface area contributed by atoms with Gasteiger partial charge in [-0.2, -0.15) is 0 Å². The van der Waals surface area contributed by atoms with Crippen molar-refractivity contribution in [2.24, 2.45) is 5.92 Å². The van der Waals surface area contributed by atoms with E-state index in [1.54, 1.807) is 6.92 Å². The molecule has 4 rings (SSSR count). The zero-order valence-corrected chi connectivity index (χ0v) is 19.4. The quantitative estimate of drug-likeness (QED) is 0.549. The molecule has 1 aromatic heterocycles. The first-order valence-corrected chi connectivity index (χ1v) is 10.3. The first-order valence-electron chi connectivity index (χ1n) is 10.3. The summed E-state index contributed by atoms with van der Waals surface area (Å²) in [5, 5.41) is 3.28. The molecule has 3 heterocycles. The van der Waals surface area contributed by atoms with Gasteiger partial charge < -0.3 is 10.1 Å². The second kappa shape index (κ2) is 14.1. The standard InChI is InChI=1S/C15H19NO3.C8H10N2.2ClH/c1-2-19-15(18)13-8-9-16(11-14(13)17)10-12-6-4-3-5-7-12;1-2-7-3-5-9-6-8(7)10-4-1;;/h3-7,13H,2,8-11H2,1H3;1-2,4,9H,3,5-6H2;2*1H. The van der Waals surface area contributed by atoms with Crippen molar-refractivity contribution in [2.75, 3.05) is 26.2 Å². The third-order valence-electron chi connectivity index (χ3n) is 5.17. The number of hydrogen-bond donors (Lipinski definition) is 1. The number of ether oxygens (including phenoxy) is 1. The summed E-state index contributed by atoms with van der Waals surface area (Å²) in [5.74, 6) is -0.959. The first-order chi connectivity index (χ1) is 14.2. The number of hydrogen-bond acceptors (Lipinski definition) is 6. The van der Waals surface area contributed by atoms with E-state index >= 15 is 0 Å². The number of ketones is 1. The maximum atomic E-state index is 12.0. The van der Waals surface area contributed by atoms with Gasteiger partial charge in [0.2, 0.25) is 0 Å². The molecule has 31 heavy (non-hydrogen) atoms. The zero-order valence-electron chi connectivity index (χ0n) is 17.8. The van der Waals surface area contributed by atoms with Crippen LogP contribution >= 0.6 is 24.8 Å². The van der Waals surface area contributed by atoms with E-state index in [0.717, 1.165) is 32.6 Å². The normalized spacial score (nSPS) is 17.7. The Kier molecular flexibility index (Phi) is 12.3. The van der Waals surface area contributed by atoms with E-state index in [2.05, 4.69) is 21.3 Å². The smallest absolute Gasteiger partial charge is 0.316 e. The Labute approximate surface area is 196 Å². The molecule has 6 nitrogen and oxygen atoms in total.